The Labute approximate surface area is 126 Å². The molecule has 0 aromatic carbocycles. The van der Waals surface area contributed by atoms with Crippen molar-refractivity contribution in [3.63, 3.8) is 0 Å². The summed E-state index contributed by atoms with van der Waals surface area (Å²) in [6.07, 6.45) is 0. The molecular formula is C15H27N5O. The molecule has 0 unspecified atom stereocenters. The molecule has 21 heavy (non-hydrogen) atoms. The summed E-state index contributed by atoms with van der Waals surface area (Å²) < 4.78 is 5.36. The monoisotopic (exact) mass is 293 g/mol. The molecule has 1 aliphatic carbocycles. The van der Waals surface area contributed by atoms with Crippen LogP contribution in [0.15, 0.2) is 6.07 Å². The van der Waals surface area contributed by atoms with Crippen molar-refractivity contribution in [2.24, 2.45) is 22.6 Å². The minimum atomic E-state index is 0.357. The Hall–Kier alpha value is -1.40. The smallest absolute Gasteiger partial charge is 0.158 e. The van der Waals surface area contributed by atoms with Crippen LogP contribution in [0.1, 0.15) is 40.4 Å². The molecular weight excluding hydrogens is 266 g/mol. The van der Waals surface area contributed by atoms with E-state index >= 15 is 0 Å². The van der Waals surface area contributed by atoms with Gasteiger partial charge in [-0.25, -0.2) is 15.8 Å². The first-order valence-corrected chi connectivity index (χ1v) is 7.49. The molecule has 1 aromatic heterocycles. The van der Waals surface area contributed by atoms with Crippen molar-refractivity contribution in [3.05, 3.63) is 11.9 Å². The maximum atomic E-state index is 5.46. The van der Waals surface area contributed by atoms with Gasteiger partial charge >= 0.3 is 0 Å². The van der Waals surface area contributed by atoms with E-state index in [1.165, 1.54) is 0 Å². The van der Waals surface area contributed by atoms with Crippen molar-refractivity contribution in [2.45, 2.75) is 41.2 Å². The fourth-order valence-corrected chi connectivity index (χ4v) is 2.97. The van der Waals surface area contributed by atoms with Crippen LogP contribution in [0.5, 0.6) is 0 Å². The van der Waals surface area contributed by atoms with Crippen LogP contribution >= 0.6 is 0 Å². The summed E-state index contributed by atoms with van der Waals surface area (Å²) in [5.41, 5.74) is 3.29. The number of anilines is 2. The predicted octanol–water partition coefficient (Wildman–Crippen LogP) is 2.39. The lowest BCUT2D eigenvalue weighted by Crippen LogP contribution is -2.14. The third-order valence-electron chi connectivity index (χ3n) is 5.16. The average Bonchev–Trinajstić information content (AvgIpc) is 2.83. The zero-order chi connectivity index (χ0) is 15.7. The highest BCUT2D eigenvalue weighted by Crippen LogP contribution is 2.68. The Kier molecular flexibility index (Phi) is 4.39. The fraction of sp³-hybridized carbons (Fsp3) is 0.733. The number of hydrogen-bond donors (Lipinski definition) is 3. The Morgan fingerprint density at radius 2 is 1.81 bits per heavy atom. The first-order chi connectivity index (χ1) is 9.82. The van der Waals surface area contributed by atoms with Gasteiger partial charge in [0.05, 0.1) is 0 Å². The molecule has 1 heterocycles. The summed E-state index contributed by atoms with van der Waals surface area (Å²) in [7, 11) is 0. The van der Waals surface area contributed by atoms with Gasteiger partial charge in [-0.2, -0.15) is 0 Å². The van der Waals surface area contributed by atoms with Crippen LogP contribution in [0.3, 0.4) is 0 Å². The van der Waals surface area contributed by atoms with Crippen molar-refractivity contribution >= 4 is 11.6 Å². The van der Waals surface area contributed by atoms with Crippen molar-refractivity contribution in [3.8, 4) is 0 Å². The van der Waals surface area contributed by atoms with Crippen LogP contribution in [0, 0.1) is 16.7 Å². The van der Waals surface area contributed by atoms with Crippen LogP contribution in [0.2, 0.25) is 0 Å². The second kappa shape index (κ2) is 5.77. The van der Waals surface area contributed by atoms with E-state index in [2.05, 4.69) is 48.4 Å². The summed E-state index contributed by atoms with van der Waals surface area (Å²) in [4.78, 5) is 8.75. The molecule has 0 atom stereocenters. The first kappa shape index (κ1) is 16.0. The van der Waals surface area contributed by atoms with Crippen LogP contribution in [0.25, 0.3) is 0 Å². The van der Waals surface area contributed by atoms with E-state index in [-0.39, 0.29) is 0 Å². The molecule has 118 valence electrons. The van der Waals surface area contributed by atoms with Gasteiger partial charge in [0.25, 0.3) is 0 Å². The molecule has 1 aliphatic rings. The highest BCUT2D eigenvalue weighted by Gasteiger charge is 2.64. The summed E-state index contributed by atoms with van der Waals surface area (Å²) in [6.45, 7) is 13.1. The molecule has 4 N–H and O–H groups in total. The van der Waals surface area contributed by atoms with E-state index in [0.29, 0.717) is 41.6 Å². The van der Waals surface area contributed by atoms with E-state index in [1.54, 1.807) is 0 Å². The normalized spacial score (nSPS) is 19.3. The summed E-state index contributed by atoms with van der Waals surface area (Å²) in [5, 5.41) is 3.41. The highest BCUT2D eigenvalue weighted by atomic mass is 16.5. The van der Waals surface area contributed by atoms with Crippen LogP contribution in [-0.2, 0) is 11.3 Å². The van der Waals surface area contributed by atoms with E-state index in [4.69, 9.17) is 10.6 Å². The van der Waals surface area contributed by atoms with Gasteiger partial charge in [0.15, 0.2) is 5.82 Å². The van der Waals surface area contributed by atoms with Crippen LogP contribution in [0.4, 0.5) is 11.6 Å². The third-order valence-corrected chi connectivity index (χ3v) is 5.16. The second-order valence-electron chi connectivity index (χ2n) is 6.71. The topological polar surface area (TPSA) is 85.1 Å². The standard InChI is InChI=1S/C15H27N5O/c1-6-21-9-13-18-11(7-12(19-13)20-16)17-8-10-14(2,3)15(10,4)5/h7,10H,6,8-9,16H2,1-5H3,(H2,17,18,19,20). The molecule has 0 amide bonds. The van der Waals surface area contributed by atoms with Gasteiger partial charge in [0.1, 0.15) is 18.2 Å². The number of ether oxygens (including phenoxy) is 1. The van der Waals surface area contributed by atoms with E-state index in [0.717, 1.165) is 12.4 Å². The lowest BCUT2D eigenvalue weighted by Gasteiger charge is -2.10. The molecule has 6 heteroatoms. The largest absolute Gasteiger partial charge is 0.374 e. The summed E-state index contributed by atoms with van der Waals surface area (Å²) >= 11 is 0. The van der Waals surface area contributed by atoms with Crippen LogP contribution < -0.4 is 16.6 Å². The Morgan fingerprint density at radius 3 is 2.33 bits per heavy atom. The average molecular weight is 293 g/mol. The summed E-state index contributed by atoms with van der Waals surface area (Å²) in [6, 6.07) is 1.82. The van der Waals surface area contributed by atoms with Crippen molar-refractivity contribution in [2.75, 3.05) is 23.9 Å². The number of nitrogen functional groups attached to an aromatic ring is 1. The van der Waals surface area contributed by atoms with Crippen molar-refractivity contribution < 1.29 is 4.74 Å². The number of nitrogens with one attached hydrogen (secondary N) is 2. The first-order valence-electron chi connectivity index (χ1n) is 7.49. The van der Waals surface area contributed by atoms with Gasteiger partial charge in [0, 0.05) is 19.2 Å². The highest BCUT2D eigenvalue weighted by molar-refractivity contribution is 5.47. The number of hydrazine groups is 1. The molecule has 0 aliphatic heterocycles. The van der Waals surface area contributed by atoms with E-state index in [1.807, 2.05) is 13.0 Å². The van der Waals surface area contributed by atoms with Gasteiger partial charge in [-0.05, 0) is 23.7 Å². The maximum Gasteiger partial charge on any atom is 0.158 e. The number of hydrogen-bond acceptors (Lipinski definition) is 6. The van der Waals surface area contributed by atoms with E-state index in [9.17, 15) is 0 Å². The molecule has 1 fully saturated rings. The molecule has 0 saturated heterocycles. The van der Waals surface area contributed by atoms with Gasteiger partial charge in [-0.3, -0.25) is 0 Å². The lowest BCUT2D eigenvalue weighted by molar-refractivity contribution is 0.128. The fourth-order valence-electron chi connectivity index (χ4n) is 2.97. The predicted molar refractivity (Wildman–Crippen MR) is 84.7 cm³/mol. The molecule has 0 spiro atoms. The summed E-state index contributed by atoms with van der Waals surface area (Å²) in [5.74, 6) is 8.10. The Morgan fingerprint density at radius 1 is 1.19 bits per heavy atom. The van der Waals surface area contributed by atoms with Gasteiger partial charge in [-0.15, -0.1) is 0 Å². The molecule has 6 nitrogen and oxygen atoms in total. The van der Waals surface area contributed by atoms with Crippen LogP contribution in [-0.4, -0.2) is 23.1 Å². The molecule has 0 radical (unpaired) electrons. The zero-order valence-electron chi connectivity index (χ0n) is 13.7. The van der Waals surface area contributed by atoms with E-state index < -0.39 is 0 Å². The Bertz CT molecular complexity index is 487. The van der Waals surface area contributed by atoms with Gasteiger partial charge in [0.2, 0.25) is 0 Å². The second-order valence-corrected chi connectivity index (χ2v) is 6.71. The van der Waals surface area contributed by atoms with Gasteiger partial charge in [-0.1, -0.05) is 27.7 Å². The quantitative estimate of drug-likeness (QED) is 0.529. The minimum absolute atomic E-state index is 0.357. The number of aromatic nitrogens is 2. The number of nitrogens with zero attached hydrogens (tertiary/aromatic N) is 2. The number of rotatable bonds is 7. The Balaban J connectivity index is 2.03. The maximum absolute atomic E-state index is 5.46. The minimum Gasteiger partial charge on any atom is -0.374 e. The third kappa shape index (κ3) is 3.11. The molecule has 1 saturated carbocycles. The zero-order valence-corrected chi connectivity index (χ0v) is 13.7. The number of nitrogens with two attached hydrogens (primary N) is 1. The molecule has 1 aromatic rings. The lowest BCUT2D eigenvalue weighted by atomic mass is 10.0. The molecule has 0 bridgehead atoms. The van der Waals surface area contributed by atoms with Crippen molar-refractivity contribution in [1.82, 2.24) is 9.97 Å². The SMILES string of the molecule is CCOCc1nc(NN)cc(NCC2C(C)(C)C2(C)C)n1. The van der Waals surface area contributed by atoms with Crippen molar-refractivity contribution in [1.29, 1.82) is 0 Å². The molecule has 2 rings (SSSR count). The van der Waals surface area contributed by atoms with Gasteiger partial charge < -0.3 is 15.5 Å².